The van der Waals surface area contributed by atoms with E-state index >= 15 is 0 Å². The van der Waals surface area contributed by atoms with Gasteiger partial charge in [-0.2, -0.15) is 0 Å². The molecule has 2 amide bonds. The summed E-state index contributed by atoms with van der Waals surface area (Å²) < 4.78 is 5.35. The smallest absolute Gasteiger partial charge is 0.240 e. The summed E-state index contributed by atoms with van der Waals surface area (Å²) in [5.41, 5.74) is 1.11. The highest BCUT2D eigenvalue weighted by molar-refractivity contribution is 5.86. The van der Waals surface area contributed by atoms with Crippen molar-refractivity contribution in [2.24, 2.45) is 0 Å². The van der Waals surface area contributed by atoms with Gasteiger partial charge in [0.2, 0.25) is 11.8 Å². The SMILES string of the molecule is CNC(=O)C(Cc1ccccc1)N1CCCC1C(=O)N1CCOCC1. The van der Waals surface area contributed by atoms with E-state index in [1.807, 2.05) is 35.2 Å². The molecular weight excluding hydrogens is 318 g/mol. The van der Waals surface area contributed by atoms with Crippen LogP contribution in [0.25, 0.3) is 0 Å². The molecule has 2 aliphatic heterocycles. The van der Waals surface area contributed by atoms with E-state index in [1.54, 1.807) is 7.05 Å². The van der Waals surface area contributed by atoms with Crippen LogP contribution in [0.15, 0.2) is 30.3 Å². The van der Waals surface area contributed by atoms with Crippen LogP contribution in [0.1, 0.15) is 18.4 Å². The molecule has 2 saturated heterocycles. The van der Waals surface area contributed by atoms with Gasteiger partial charge < -0.3 is 15.0 Å². The molecule has 0 saturated carbocycles. The molecule has 6 nitrogen and oxygen atoms in total. The number of morpholine rings is 1. The highest BCUT2D eigenvalue weighted by Crippen LogP contribution is 2.24. The van der Waals surface area contributed by atoms with Crippen LogP contribution in [0.3, 0.4) is 0 Å². The van der Waals surface area contributed by atoms with E-state index in [0.29, 0.717) is 32.7 Å². The van der Waals surface area contributed by atoms with Crippen molar-refractivity contribution >= 4 is 11.8 Å². The Morgan fingerprint density at radius 1 is 1.20 bits per heavy atom. The van der Waals surface area contributed by atoms with Gasteiger partial charge in [0.1, 0.15) is 0 Å². The van der Waals surface area contributed by atoms with E-state index < -0.39 is 0 Å². The summed E-state index contributed by atoms with van der Waals surface area (Å²) in [4.78, 5) is 29.5. The van der Waals surface area contributed by atoms with Gasteiger partial charge in [-0.05, 0) is 31.4 Å². The highest BCUT2D eigenvalue weighted by atomic mass is 16.5. The summed E-state index contributed by atoms with van der Waals surface area (Å²) in [5, 5.41) is 2.78. The first kappa shape index (κ1) is 17.9. The minimum Gasteiger partial charge on any atom is -0.378 e. The van der Waals surface area contributed by atoms with Gasteiger partial charge in [-0.1, -0.05) is 30.3 Å². The number of carbonyl (C=O) groups is 2. The van der Waals surface area contributed by atoms with Gasteiger partial charge in [-0.25, -0.2) is 0 Å². The van der Waals surface area contributed by atoms with E-state index in [-0.39, 0.29) is 23.9 Å². The molecule has 136 valence electrons. The first-order valence-corrected chi connectivity index (χ1v) is 9.08. The molecule has 2 aliphatic rings. The molecule has 25 heavy (non-hydrogen) atoms. The molecule has 2 unspecified atom stereocenters. The van der Waals surface area contributed by atoms with Crippen LogP contribution >= 0.6 is 0 Å². The third-order valence-corrected chi connectivity index (χ3v) is 5.12. The second-order valence-electron chi connectivity index (χ2n) is 6.65. The zero-order valence-electron chi connectivity index (χ0n) is 14.8. The van der Waals surface area contributed by atoms with E-state index in [4.69, 9.17) is 4.74 Å². The van der Waals surface area contributed by atoms with Crippen molar-refractivity contribution in [2.45, 2.75) is 31.3 Å². The Kier molecular flexibility index (Phi) is 6.04. The van der Waals surface area contributed by atoms with Gasteiger partial charge in [0.05, 0.1) is 25.3 Å². The maximum Gasteiger partial charge on any atom is 0.240 e. The van der Waals surface area contributed by atoms with Crippen molar-refractivity contribution in [3.8, 4) is 0 Å². The summed E-state index contributed by atoms with van der Waals surface area (Å²) in [6, 6.07) is 9.48. The summed E-state index contributed by atoms with van der Waals surface area (Å²) >= 11 is 0. The number of hydrogen-bond acceptors (Lipinski definition) is 4. The van der Waals surface area contributed by atoms with Crippen molar-refractivity contribution in [1.29, 1.82) is 0 Å². The fraction of sp³-hybridized carbons (Fsp3) is 0.579. The Morgan fingerprint density at radius 3 is 2.60 bits per heavy atom. The summed E-state index contributed by atoms with van der Waals surface area (Å²) in [6.07, 6.45) is 2.38. The number of amides is 2. The monoisotopic (exact) mass is 345 g/mol. The van der Waals surface area contributed by atoms with Crippen molar-refractivity contribution < 1.29 is 14.3 Å². The lowest BCUT2D eigenvalue weighted by Gasteiger charge is -2.35. The quantitative estimate of drug-likeness (QED) is 0.852. The molecule has 1 aromatic rings. The van der Waals surface area contributed by atoms with E-state index in [9.17, 15) is 9.59 Å². The number of likely N-dealkylation sites (tertiary alicyclic amines) is 1. The Bertz CT molecular complexity index is 587. The van der Waals surface area contributed by atoms with Crippen LogP contribution < -0.4 is 5.32 Å². The lowest BCUT2D eigenvalue weighted by Crippen LogP contribution is -2.55. The van der Waals surface area contributed by atoms with Crippen LogP contribution in [-0.2, 0) is 20.7 Å². The number of carbonyl (C=O) groups excluding carboxylic acids is 2. The zero-order valence-corrected chi connectivity index (χ0v) is 14.8. The summed E-state index contributed by atoms with van der Waals surface area (Å²) in [7, 11) is 1.66. The number of benzene rings is 1. The largest absolute Gasteiger partial charge is 0.378 e. The van der Waals surface area contributed by atoms with Crippen LogP contribution in [0, 0.1) is 0 Å². The van der Waals surface area contributed by atoms with E-state index in [2.05, 4.69) is 10.2 Å². The van der Waals surface area contributed by atoms with Gasteiger partial charge in [0.15, 0.2) is 0 Å². The van der Waals surface area contributed by atoms with Crippen LogP contribution in [0.5, 0.6) is 0 Å². The van der Waals surface area contributed by atoms with E-state index in [1.165, 1.54) is 0 Å². The highest BCUT2D eigenvalue weighted by Gasteiger charge is 2.40. The first-order valence-electron chi connectivity index (χ1n) is 9.08. The molecule has 1 N–H and O–H groups in total. The second kappa shape index (κ2) is 8.45. The number of ether oxygens (including phenoxy) is 1. The molecule has 1 aromatic carbocycles. The van der Waals surface area contributed by atoms with Gasteiger partial charge >= 0.3 is 0 Å². The third-order valence-electron chi connectivity index (χ3n) is 5.12. The number of likely N-dealkylation sites (N-methyl/N-ethyl adjacent to an activating group) is 1. The molecule has 6 heteroatoms. The minimum absolute atomic E-state index is 0.0227. The van der Waals surface area contributed by atoms with Crippen molar-refractivity contribution in [1.82, 2.24) is 15.1 Å². The number of hydrogen-bond donors (Lipinski definition) is 1. The maximum atomic E-state index is 13.0. The lowest BCUT2D eigenvalue weighted by molar-refractivity contribution is -0.142. The first-order chi connectivity index (χ1) is 12.2. The van der Waals surface area contributed by atoms with Crippen molar-refractivity contribution in [3.05, 3.63) is 35.9 Å². The maximum absolute atomic E-state index is 13.0. The normalized spacial score (nSPS) is 22.6. The van der Waals surface area contributed by atoms with Crippen LogP contribution in [-0.4, -0.2) is 73.6 Å². The van der Waals surface area contributed by atoms with Gasteiger partial charge in [0.25, 0.3) is 0 Å². The molecule has 2 atom stereocenters. The predicted molar refractivity (Wildman–Crippen MR) is 95.1 cm³/mol. The Morgan fingerprint density at radius 2 is 1.92 bits per heavy atom. The number of nitrogens with one attached hydrogen (secondary N) is 1. The molecule has 2 heterocycles. The van der Waals surface area contributed by atoms with Gasteiger partial charge in [0, 0.05) is 20.1 Å². The topological polar surface area (TPSA) is 61.9 Å². The Balaban J connectivity index is 1.76. The number of nitrogens with zero attached hydrogens (tertiary/aromatic N) is 2. The summed E-state index contributed by atoms with van der Waals surface area (Å²) in [6.45, 7) is 3.27. The molecular formula is C19H27N3O3. The fourth-order valence-electron chi connectivity index (χ4n) is 3.79. The summed E-state index contributed by atoms with van der Waals surface area (Å²) in [5.74, 6) is 0.119. The molecule has 0 radical (unpaired) electrons. The third kappa shape index (κ3) is 4.19. The standard InChI is InChI=1S/C19H27N3O3/c1-20-18(23)17(14-15-6-3-2-4-7-15)22-9-5-8-16(22)19(24)21-10-12-25-13-11-21/h2-4,6-7,16-17H,5,8-14H2,1H3,(H,20,23). The van der Waals surface area contributed by atoms with E-state index in [0.717, 1.165) is 24.9 Å². The molecule has 0 spiro atoms. The molecule has 0 aliphatic carbocycles. The molecule has 3 rings (SSSR count). The second-order valence-corrected chi connectivity index (χ2v) is 6.65. The number of rotatable bonds is 5. The van der Waals surface area contributed by atoms with Crippen molar-refractivity contribution in [3.63, 3.8) is 0 Å². The Labute approximate surface area is 149 Å². The van der Waals surface area contributed by atoms with Crippen molar-refractivity contribution in [2.75, 3.05) is 39.9 Å². The molecule has 2 fully saturated rings. The molecule has 0 aromatic heterocycles. The predicted octanol–water partition coefficient (Wildman–Crippen LogP) is 0.667. The van der Waals surface area contributed by atoms with Crippen LogP contribution in [0.4, 0.5) is 0 Å². The Hall–Kier alpha value is -1.92. The minimum atomic E-state index is -0.315. The lowest BCUT2D eigenvalue weighted by atomic mass is 10.0. The zero-order chi connectivity index (χ0) is 17.6. The average Bonchev–Trinajstić information content (AvgIpc) is 3.16. The van der Waals surface area contributed by atoms with Gasteiger partial charge in [-0.15, -0.1) is 0 Å². The fourth-order valence-corrected chi connectivity index (χ4v) is 3.79. The average molecular weight is 345 g/mol. The molecule has 0 bridgehead atoms. The van der Waals surface area contributed by atoms with Crippen LogP contribution in [0.2, 0.25) is 0 Å². The van der Waals surface area contributed by atoms with Gasteiger partial charge in [-0.3, -0.25) is 14.5 Å².